The SMILES string of the molecule is CC(c1cnn(C)c1)N1CCC(CCC(=O)O)C1. The number of carboxylic acid groups (broad SMARTS) is 1. The van der Waals surface area contributed by atoms with Gasteiger partial charge < -0.3 is 5.11 Å². The van der Waals surface area contributed by atoms with Gasteiger partial charge in [-0.25, -0.2) is 0 Å². The molecule has 1 aliphatic rings. The Labute approximate surface area is 107 Å². The fourth-order valence-corrected chi connectivity index (χ4v) is 2.64. The summed E-state index contributed by atoms with van der Waals surface area (Å²) in [5, 5.41) is 12.9. The molecule has 2 unspecified atom stereocenters. The van der Waals surface area contributed by atoms with Crippen molar-refractivity contribution in [3.63, 3.8) is 0 Å². The van der Waals surface area contributed by atoms with Crippen molar-refractivity contribution in [1.29, 1.82) is 0 Å². The third kappa shape index (κ3) is 3.10. The van der Waals surface area contributed by atoms with E-state index >= 15 is 0 Å². The minimum Gasteiger partial charge on any atom is -0.481 e. The Hall–Kier alpha value is -1.36. The molecule has 0 amide bonds. The molecular formula is C13H21N3O2. The van der Waals surface area contributed by atoms with Crippen LogP contribution < -0.4 is 0 Å². The summed E-state index contributed by atoms with van der Waals surface area (Å²) in [4.78, 5) is 13.0. The first-order valence-electron chi connectivity index (χ1n) is 6.50. The number of carbonyl (C=O) groups is 1. The monoisotopic (exact) mass is 251 g/mol. The zero-order valence-corrected chi connectivity index (χ0v) is 11.0. The Balaban J connectivity index is 1.86. The first-order valence-corrected chi connectivity index (χ1v) is 6.50. The van der Waals surface area contributed by atoms with Crippen molar-refractivity contribution in [2.75, 3.05) is 13.1 Å². The molecule has 0 aromatic carbocycles. The van der Waals surface area contributed by atoms with Crippen molar-refractivity contribution in [2.24, 2.45) is 13.0 Å². The molecule has 2 atom stereocenters. The van der Waals surface area contributed by atoms with Gasteiger partial charge in [0, 0.05) is 37.8 Å². The van der Waals surface area contributed by atoms with Gasteiger partial charge in [-0.3, -0.25) is 14.4 Å². The van der Waals surface area contributed by atoms with E-state index in [0.717, 1.165) is 25.9 Å². The van der Waals surface area contributed by atoms with Gasteiger partial charge in [-0.05, 0) is 32.2 Å². The summed E-state index contributed by atoms with van der Waals surface area (Å²) in [6, 6.07) is 0.369. The van der Waals surface area contributed by atoms with Crippen molar-refractivity contribution in [3.8, 4) is 0 Å². The van der Waals surface area contributed by atoms with Gasteiger partial charge in [0.05, 0.1) is 6.20 Å². The van der Waals surface area contributed by atoms with Gasteiger partial charge in [0.2, 0.25) is 0 Å². The quantitative estimate of drug-likeness (QED) is 0.864. The lowest BCUT2D eigenvalue weighted by atomic mass is 10.0. The molecule has 0 aliphatic carbocycles. The van der Waals surface area contributed by atoms with Crippen LogP contribution in [0.15, 0.2) is 12.4 Å². The first-order chi connectivity index (χ1) is 8.56. The van der Waals surface area contributed by atoms with Gasteiger partial charge in [0.15, 0.2) is 0 Å². The number of aliphatic carboxylic acids is 1. The van der Waals surface area contributed by atoms with Crippen LogP contribution in [0.2, 0.25) is 0 Å². The van der Waals surface area contributed by atoms with Crippen LogP contribution in [0.25, 0.3) is 0 Å². The van der Waals surface area contributed by atoms with Crippen molar-refractivity contribution in [1.82, 2.24) is 14.7 Å². The fraction of sp³-hybridized carbons (Fsp3) is 0.692. The summed E-state index contributed by atoms with van der Waals surface area (Å²) >= 11 is 0. The highest BCUT2D eigenvalue weighted by atomic mass is 16.4. The average Bonchev–Trinajstić information content (AvgIpc) is 2.94. The second-order valence-electron chi connectivity index (χ2n) is 5.21. The molecule has 0 radical (unpaired) electrons. The lowest BCUT2D eigenvalue weighted by Crippen LogP contribution is -2.24. The van der Waals surface area contributed by atoms with Crippen LogP contribution >= 0.6 is 0 Å². The molecule has 18 heavy (non-hydrogen) atoms. The largest absolute Gasteiger partial charge is 0.481 e. The molecule has 1 aliphatic heterocycles. The third-order valence-corrected chi connectivity index (χ3v) is 3.84. The van der Waals surface area contributed by atoms with E-state index in [1.54, 1.807) is 0 Å². The summed E-state index contributed by atoms with van der Waals surface area (Å²) in [5.41, 5.74) is 1.23. The number of likely N-dealkylation sites (tertiary alicyclic amines) is 1. The van der Waals surface area contributed by atoms with E-state index in [2.05, 4.69) is 23.1 Å². The minimum absolute atomic E-state index is 0.291. The molecule has 2 heterocycles. The summed E-state index contributed by atoms with van der Waals surface area (Å²) in [7, 11) is 1.93. The number of aromatic nitrogens is 2. The number of nitrogens with zero attached hydrogens (tertiary/aromatic N) is 3. The van der Waals surface area contributed by atoms with Crippen molar-refractivity contribution in [3.05, 3.63) is 18.0 Å². The van der Waals surface area contributed by atoms with Crippen molar-refractivity contribution >= 4 is 5.97 Å². The van der Waals surface area contributed by atoms with Crippen LogP contribution in [0, 0.1) is 5.92 Å². The van der Waals surface area contributed by atoms with Crippen molar-refractivity contribution < 1.29 is 9.90 Å². The maximum absolute atomic E-state index is 10.6. The van der Waals surface area contributed by atoms with E-state index in [-0.39, 0.29) is 0 Å². The average molecular weight is 251 g/mol. The Morgan fingerprint density at radius 2 is 2.44 bits per heavy atom. The maximum atomic E-state index is 10.6. The van der Waals surface area contributed by atoms with Crippen LogP contribution in [-0.4, -0.2) is 38.8 Å². The topological polar surface area (TPSA) is 58.4 Å². The van der Waals surface area contributed by atoms with E-state index in [0.29, 0.717) is 18.4 Å². The van der Waals surface area contributed by atoms with Gasteiger partial charge in [-0.15, -0.1) is 0 Å². The van der Waals surface area contributed by atoms with Crippen LogP contribution in [0.3, 0.4) is 0 Å². The fourth-order valence-electron chi connectivity index (χ4n) is 2.64. The highest BCUT2D eigenvalue weighted by Gasteiger charge is 2.27. The summed E-state index contributed by atoms with van der Waals surface area (Å²) in [6.45, 7) is 4.25. The molecule has 1 aromatic rings. The molecule has 0 bridgehead atoms. The normalized spacial score (nSPS) is 22.2. The standard InChI is InChI=1S/C13H21N3O2/c1-10(12-7-14-15(2)9-12)16-6-5-11(8-16)3-4-13(17)18/h7,9-11H,3-6,8H2,1-2H3,(H,17,18). The molecule has 0 saturated carbocycles. The number of rotatable bonds is 5. The van der Waals surface area contributed by atoms with Crippen molar-refractivity contribution in [2.45, 2.75) is 32.2 Å². The summed E-state index contributed by atoms with van der Waals surface area (Å²) in [6.07, 6.45) is 6.16. The molecule has 1 saturated heterocycles. The number of aryl methyl sites for hydroxylation is 1. The van der Waals surface area contributed by atoms with E-state index < -0.39 is 5.97 Å². The predicted octanol–water partition coefficient (Wildman–Crippen LogP) is 1.67. The molecule has 100 valence electrons. The molecule has 1 aromatic heterocycles. The number of carboxylic acids is 1. The predicted molar refractivity (Wildman–Crippen MR) is 68.2 cm³/mol. The van der Waals surface area contributed by atoms with Crippen LogP contribution in [0.1, 0.15) is 37.8 Å². The second kappa shape index (κ2) is 5.52. The first kappa shape index (κ1) is 13.1. The zero-order valence-electron chi connectivity index (χ0n) is 11.0. The highest BCUT2D eigenvalue weighted by molar-refractivity contribution is 5.66. The molecule has 1 N–H and O–H groups in total. The lowest BCUT2D eigenvalue weighted by Gasteiger charge is -2.23. The molecule has 5 heteroatoms. The molecule has 5 nitrogen and oxygen atoms in total. The maximum Gasteiger partial charge on any atom is 0.303 e. The van der Waals surface area contributed by atoms with E-state index in [4.69, 9.17) is 5.11 Å². The van der Waals surface area contributed by atoms with E-state index in [1.165, 1.54) is 5.56 Å². The smallest absolute Gasteiger partial charge is 0.303 e. The zero-order chi connectivity index (χ0) is 13.1. The summed E-state index contributed by atoms with van der Waals surface area (Å²) in [5.74, 6) is -0.158. The second-order valence-corrected chi connectivity index (χ2v) is 5.21. The molecule has 1 fully saturated rings. The van der Waals surface area contributed by atoms with Crippen LogP contribution in [-0.2, 0) is 11.8 Å². The van der Waals surface area contributed by atoms with Gasteiger partial charge >= 0.3 is 5.97 Å². The minimum atomic E-state index is -0.686. The molecular weight excluding hydrogens is 230 g/mol. The molecule has 0 spiro atoms. The summed E-state index contributed by atoms with van der Waals surface area (Å²) < 4.78 is 1.82. The molecule has 2 rings (SSSR count). The van der Waals surface area contributed by atoms with E-state index in [9.17, 15) is 4.79 Å². The Bertz CT molecular complexity index is 416. The Morgan fingerprint density at radius 1 is 1.67 bits per heavy atom. The van der Waals surface area contributed by atoms with Gasteiger partial charge in [-0.2, -0.15) is 5.10 Å². The van der Waals surface area contributed by atoms with Gasteiger partial charge in [0.25, 0.3) is 0 Å². The third-order valence-electron chi connectivity index (χ3n) is 3.84. The lowest BCUT2D eigenvalue weighted by molar-refractivity contribution is -0.137. The Morgan fingerprint density at radius 3 is 3.06 bits per heavy atom. The van der Waals surface area contributed by atoms with Gasteiger partial charge in [0.1, 0.15) is 0 Å². The van der Waals surface area contributed by atoms with E-state index in [1.807, 2.05) is 17.9 Å². The number of hydrogen-bond acceptors (Lipinski definition) is 3. The van der Waals surface area contributed by atoms with Crippen LogP contribution in [0.5, 0.6) is 0 Å². The van der Waals surface area contributed by atoms with Gasteiger partial charge in [-0.1, -0.05) is 0 Å². The Kier molecular flexibility index (Phi) is 4.01. The van der Waals surface area contributed by atoms with Crippen LogP contribution in [0.4, 0.5) is 0 Å². The number of hydrogen-bond donors (Lipinski definition) is 1. The highest BCUT2D eigenvalue weighted by Crippen LogP contribution is 2.29.